The molecule has 1 fully saturated rings. The lowest BCUT2D eigenvalue weighted by Crippen LogP contribution is -2.46. The zero-order chi connectivity index (χ0) is 21.8. The van der Waals surface area contributed by atoms with Gasteiger partial charge in [-0.3, -0.25) is 9.69 Å². The fraction of sp³-hybridized carbons (Fsp3) is 0.435. The van der Waals surface area contributed by atoms with Crippen molar-refractivity contribution in [1.29, 1.82) is 0 Å². The smallest absolute Gasteiger partial charge is 0.338 e. The summed E-state index contributed by atoms with van der Waals surface area (Å²) in [6.45, 7) is 4.11. The molecule has 0 unspecified atom stereocenters. The maximum atomic E-state index is 13.1. The third kappa shape index (κ3) is 3.26. The van der Waals surface area contributed by atoms with E-state index in [1.54, 1.807) is 18.3 Å². The van der Waals surface area contributed by atoms with E-state index in [1.165, 1.54) is 11.0 Å². The van der Waals surface area contributed by atoms with Gasteiger partial charge in [0.2, 0.25) is 5.91 Å². The van der Waals surface area contributed by atoms with Gasteiger partial charge >= 0.3 is 11.9 Å². The minimum atomic E-state index is -0.687. The molecular weight excluding hydrogens is 400 g/mol. The van der Waals surface area contributed by atoms with Crippen LogP contribution in [-0.2, 0) is 25.7 Å². The van der Waals surface area contributed by atoms with Gasteiger partial charge < -0.3 is 19.5 Å². The van der Waals surface area contributed by atoms with Crippen molar-refractivity contribution in [2.24, 2.45) is 5.41 Å². The van der Waals surface area contributed by atoms with E-state index in [2.05, 4.69) is 4.90 Å². The number of amides is 1. The summed E-state index contributed by atoms with van der Waals surface area (Å²) in [7, 11) is 0. The number of piperidine rings is 1. The van der Waals surface area contributed by atoms with E-state index in [1.807, 2.05) is 13.0 Å². The summed E-state index contributed by atoms with van der Waals surface area (Å²) in [6.07, 6.45) is 5.67. The highest BCUT2D eigenvalue weighted by atomic mass is 16.5. The number of nitrogens with zero attached hydrogens (tertiary/aromatic N) is 2. The summed E-state index contributed by atoms with van der Waals surface area (Å²) in [5.74, 6) is -0.747. The Kier molecular flexibility index (Phi) is 4.71. The van der Waals surface area contributed by atoms with Gasteiger partial charge in [-0.25, -0.2) is 9.59 Å². The summed E-state index contributed by atoms with van der Waals surface area (Å²) in [5, 5.41) is 10.9. The largest absolute Gasteiger partial charge is 0.457 e. The average Bonchev–Trinajstić information content (AvgIpc) is 3.43. The summed E-state index contributed by atoms with van der Waals surface area (Å²) in [6, 6.07) is 3.53. The lowest BCUT2D eigenvalue weighted by atomic mass is 9.78. The molecule has 5 rings (SSSR count). The van der Waals surface area contributed by atoms with Gasteiger partial charge in [-0.2, -0.15) is 0 Å². The molecule has 4 aliphatic rings. The van der Waals surface area contributed by atoms with Gasteiger partial charge in [-0.1, -0.05) is 12.1 Å². The maximum Gasteiger partial charge on any atom is 0.338 e. The summed E-state index contributed by atoms with van der Waals surface area (Å²) in [4.78, 5) is 39.8. The molecule has 1 saturated heterocycles. The Morgan fingerprint density at radius 1 is 1.13 bits per heavy atom. The monoisotopic (exact) mass is 424 g/mol. The van der Waals surface area contributed by atoms with Crippen LogP contribution in [0, 0.1) is 12.3 Å². The van der Waals surface area contributed by atoms with E-state index < -0.39 is 17.5 Å². The van der Waals surface area contributed by atoms with Gasteiger partial charge in [-0.15, -0.1) is 0 Å². The van der Waals surface area contributed by atoms with E-state index >= 15 is 0 Å². The fourth-order valence-electron chi connectivity index (χ4n) is 4.91. The molecule has 1 aromatic carbocycles. The van der Waals surface area contributed by atoms with Crippen molar-refractivity contribution in [3.63, 3.8) is 0 Å². The van der Waals surface area contributed by atoms with Gasteiger partial charge in [0.15, 0.2) is 0 Å². The first-order valence-electron chi connectivity index (χ1n) is 10.5. The normalized spacial score (nSPS) is 23.2. The highest BCUT2D eigenvalue weighted by Crippen LogP contribution is 2.41. The molecule has 1 aromatic rings. The van der Waals surface area contributed by atoms with Crippen LogP contribution in [0.3, 0.4) is 0 Å². The van der Waals surface area contributed by atoms with Gasteiger partial charge in [0.25, 0.3) is 0 Å². The number of cyclic esters (lactones) is 2. The van der Waals surface area contributed by atoms with Crippen molar-refractivity contribution < 1.29 is 29.0 Å². The first-order chi connectivity index (χ1) is 14.9. The summed E-state index contributed by atoms with van der Waals surface area (Å²) in [5.41, 5.74) is 3.15. The Morgan fingerprint density at radius 3 is 2.61 bits per heavy atom. The number of rotatable bonds is 4. The van der Waals surface area contributed by atoms with Crippen LogP contribution in [0.25, 0.3) is 0 Å². The van der Waals surface area contributed by atoms with Gasteiger partial charge in [0, 0.05) is 24.4 Å². The summed E-state index contributed by atoms with van der Waals surface area (Å²) >= 11 is 0. The van der Waals surface area contributed by atoms with E-state index in [0.717, 1.165) is 16.7 Å². The standard InChI is InChI=1S/C23H24N2O6/c1-14-16(2-3-17-18(14)13-31-21(17)28)19(26)11-24-7-4-23(5-8-24)6-9-25(22(23)29)15-10-20(27)30-12-15/h2-3,6,9-10,19,26H,4-5,7-8,11-13H2,1H3/t19-/m0/s1. The third-order valence-corrected chi connectivity index (χ3v) is 6.89. The van der Waals surface area contributed by atoms with E-state index in [9.17, 15) is 19.5 Å². The number of esters is 2. The van der Waals surface area contributed by atoms with Crippen LogP contribution in [0.15, 0.2) is 36.2 Å². The van der Waals surface area contributed by atoms with Crippen molar-refractivity contribution in [3.8, 4) is 0 Å². The number of carbonyl (C=O) groups excluding carboxylic acids is 3. The predicted octanol–water partition coefficient (Wildman–Crippen LogP) is 1.58. The maximum absolute atomic E-state index is 13.1. The second-order valence-electron chi connectivity index (χ2n) is 8.59. The molecule has 4 heterocycles. The highest BCUT2D eigenvalue weighted by molar-refractivity contribution is 5.94. The van der Waals surface area contributed by atoms with Crippen LogP contribution < -0.4 is 0 Å². The molecule has 4 aliphatic heterocycles. The first kappa shape index (κ1) is 20.0. The SMILES string of the molecule is Cc1c([C@@H](O)CN2CCC3(C=CN(C4=CC(=O)OC4)C3=O)CC2)ccc2c1COC2=O. The van der Waals surface area contributed by atoms with E-state index in [-0.39, 0.29) is 25.1 Å². The molecule has 0 aromatic heterocycles. The molecule has 8 nitrogen and oxygen atoms in total. The van der Waals surface area contributed by atoms with Crippen molar-refractivity contribution in [2.45, 2.75) is 32.5 Å². The minimum Gasteiger partial charge on any atom is -0.457 e. The Balaban J connectivity index is 1.22. The average molecular weight is 424 g/mol. The fourth-order valence-corrected chi connectivity index (χ4v) is 4.91. The molecule has 8 heteroatoms. The first-order valence-corrected chi connectivity index (χ1v) is 10.5. The molecule has 1 N–H and O–H groups in total. The second kappa shape index (κ2) is 7.32. The van der Waals surface area contributed by atoms with Gasteiger partial charge in [0.05, 0.1) is 22.8 Å². The second-order valence-corrected chi connectivity index (χ2v) is 8.59. The topological polar surface area (TPSA) is 96.4 Å². The number of aliphatic hydroxyl groups is 1. The number of hydrogen-bond donors (Lipinski definition) is 1. The van der Waals surface area contributed by atoms with Crippen LogP contribution in [-0.4, -0.2) is 59.0 Å². The molecule has 1 amide bonds. The third-order valence-electron chi connectivity index (χ3n) is 6.89. The number of hydrogen-bond acceptors (Lipinski definition) is 7. The van der Waals surface area contributed by atoms with E-state index in [4.69, 9.17) is 9.47 Å². The highest BCUT2D eigenvalue weighted by Gasteiger charge is 2.46. The Bertz CT molecular complexity index is 1030. The molecule has 0 aliphatic carbocycles. The molecule has 1 atom stereocenters. The minimum absolute atomic E-state index is 0.0172. The quantitative estimate of drug-likeness (QED) is 0.733. The molecule has 1 spiro atoms. The Hall–Kier alpha value is -2.97. The molecule has 0 bridgehead atoms. The lowest BCUT2D eigenvalue weighted by Gasteiger charge is -2.38. The number of likely N-dealkylation sites (tertiary alicyclic amines) is 1. The Labute approximate surface area is 179 Å². The molecular formula is C23H24N2O6. The lowest BCUT2D eigenvalue weighted by molar-refractivity contribution is -0.137. The number of aliphatic hydroxyl groups excluding tert-OH is 1. The number of benzene rings is 1. The van der Waals surface area contributed by atoms with Crippen molar-refractivity contribution in [2.75, 3.05) is 26.2 Å². The number of carbonyl (C=O) groups is 3. The van der Waals surface area contributed by atoms with Crippen molar-refractivity contribution >= 4 is 17.8 Å². The molecule has 0 radical (unpaired) electrons. The van der Waals surface area contributed by atoms with E-state index in [0.29, 0.717) is 43.7 Å². The zero-order valence-corrected chi connectivity index (χ0v) is 17.3. The number of fused-ring (bicyclic) bond motifs is 1. The number of ether oxygens (including phenoxy) is 2. The molecule has 31 heavy (non-hydrogen) atoms. The predicted molar refractivity (Wildman–Crippen MR) is 108 cm³/mol. The van der Waals surface area contributed by atoms with Crippen LogP contribution >= 0.6 is 0 Å². The zero-order valence-electron chi connectivity index (χ0n) is 17.3. The van der Waals surface area contributed by atoms with Crippen molar-refractivity contribution in [1.82, 2.24) is 9.80 Å². The molecule has 162 valence electrons. The Morgan fingerprint density at radius 2 is 1.90 bits per heavy atom. The van der Waals surface area contributed by atoms with Gasteiger partial charge in [0.1, 0.15) is 13.2 Å². The van der Waals surface area contributed by atoms with Gasteiger partial charge in [-0.05, 0) is 50.0 Å². The van der Waals surface area contributed by atoms with Crippen molar-refractivity contribution in [3.05, 3.63) is 58.4 Å². The van der Waals surface area contributed by atoms with Crippen LogP contribution in [0.5, 0.6) is 0 Å². The van der Waals surface area contributed by atoms with Crippen LogP contribution in [0.2, 0.25) is 0 Å². The summed E-state index contributed by atoms with van der Waals surface area (Å²) < 4.78 is 10.0. The van der Waals surface area contributed by atoms with Crippen LogP contribution in [0.4, 0.5) is 0 Å². The number of β-amino-alcohol motifs (C(OH)–C–C–N with tert-alkyl or cyclic N) is 1. The van der Waals surface area contributed by atoms with Crippen LogP contribution in [0.1, 0.15) is 46.0 Å². The molecule has 0 saturated carbocycles.